The number of hydrogen-bond donors (Lipinski definition) is 1. The summed E-state index contributed by atoms with van der Waals surface area (Å²) in [6, 6.07) is 2.08. The van der Waals surface area contributed by atoms with Crippen LogP contribution < -0.4 is 10.2 Å². The molecule has 2 fully saturated rings. The molecule has 0 bridgehead atoms. The van der Waals surface area contributed by atoms with Gasteiger partial charge in [0.15, 0.2) is 0 Å². The molecule has 1 aromatic rings. The number of carbonyl (C=O) groups excluding carboxylic acids is 2. The van der Waals surface area contributed by atoms with Crippen LogP contribution in [0.5, 0.6) is 0 Å². The van der Waals surface area contributed by atoms with E-state index in [9.17, 15) is 9.59 Å². The zero-order valence-electron chi connectivity index (χ0n) is 13.8. The molecule has 124 valence electrons. The Morgan fingerprint density at radius 1 is 1.22 bits per heavy atom. The third kappa shape index (κ3) is 3.71. The predicted octanol–water partition coefficient (Wildman–Crippen LogP) is 2.62. The fourth-order valence-corrected chi connectivity index (χ4v) is 3.71. The van der Waals surface area contributed by atoms with Gasteiger partial charge >= 0.3 is 0 Å². The van der Waals surface area contributed by atoms with Crippen molar-refractivity contribution in [2.24, 2.45) is 5.92 Å². The summed E-state index contributed by atoms with van der Waals surface area (Å²) >= 11 is 0. The average molecular weight is 315 g/mol. The van der Waals surface area contributed by atoms with Crippen LogP contribution in [-0.4, -0.2) is 29.9 Å². The Morgan fingerprint density at radius 2 is 2.00 bits per heavy atom. The molecule has 0 saturated carbocycles. The minimum Gasteiger partial charge on any atom is -0.370 e. The number of anilines is 1. The highest BCUT2D eigenvalue weighted by atomic mass is 16.2. The molecule has 5 nitrogen and oxygen atoms in total. The van der Waals surface area contributed by atoms with Gasteiger partial charge in [-0.3, -0.25) is 19.9 Å². The molecule has 2 amide bonds. The molecule has 0 aliphatic carbocycles. The van der Waals surface area contributed by atoms with E-state index in [-0.39, 0.29) is 17.7 Å². The molecule has 1 unspecified atom stereocenters. The number of carbonyl (C=O) groups is 2. The number of pyridine rings is 1. The maximum atomic E-state index is 12.0. The summed E-state index contributed by atoms with van der Waals surface area (Å²) in [5, 5.41) is 2.43. The van der Waals surface area contributed by atoms with Crippen molar-refractivity contribution < 1.29 is 9.59 Å². The van der Waals surface area contributed by atoms with Gasteiger partial charge in [-0.25, -0.2) is 0 Å². The molecule has 0 aromatic carbocycles. The fraction of sp³-hybridized carbons (Fsp3) is 0.611. The standard InChI is InChI=1S/C18H25N3O2/c1-2-3-13-6-8-21(9-7-13)15-10-14(11-19-12-15)16-4-5-17(22)20-18(16)23/h10-13,16H,2-9H2,1H3,(H,20,22,23). The predicted molar refractivity (Wildman–Crippen MR) is 89.2 cm³/mol. The SMILES string of the molecule is CCCC1CCN(c2cncc(C3CCC(=O)NC3=O)c2)CC1. The lowest BCUT2D eigenvalue weighted by Crippen LogP contribution is -2.39. The quantitative estimate of drug-likeness (QED) is 0.868. The van der Waals surface area contributed by atoms with Gasteiger partial charge in [0.25, 0.3) is 0 Å². The van der Waals surface area contributed by atoms with Gasteiger partial charge in [0, 0.05) is 25.7 Å². The van der Waals surface area contributed by atoms with Crippen molar-refractivity contribution in [3.05, 3.63) is 24.0 Å². The lowest BCUT2D eigenvalue weighted by atomic mass is 9.90. The van der Waals surface area contributed by atoms with E-state index in [1.54, 1.807) is 6.20 Å². The molecule has 1 aromatic heterocycles. The minimum absolute atomic E-state index is 0.173. The van der Waals surface area contributed by atoms with E-state index in [4.69, 9.17) is 0 Å². The van der Waals surface area contributed by atoms with Gasteiger partial charge in [-0.1, -0.05) is 19.8 Å². The van der Waals surface area contributed by atoms with Crippen LogP contribution in [0.15, 0.2) is 18.5 Å². The van der Waals surface area contributed by atoms with Crippen LogP contribution in [0.3, 0.4) is 0 Å². The van der Waals surface area contributed by atoms with Gasteiger partial charge in [0.2, 0.25) is 11.8 Å². The molecule has 2 aliphatic heterocycles. The van der Waals surface area contributed by atoms with E-state index in [0.29, 0.717) is 12.8 Å². The normalized spacial score (nSPS) is 23.0. The molecular weight excluding hydrogens is 290 g/mol. The molecule has 1 N–H and O–H groups in total. The summed E-state index contributed by atoms with van der Waals surface area (Å²) in [4.78, 5) is 30.0. The van der Waals surface area contributed by atoms with Crippen LogP contribution in [0, 0.1) is 5.92 Å². The summed E-state index contributed by atoms with van der Waals surface area (Å²) in [6.45, 7) is 4.37. The molecule has 0 spiro atoms. The van der Waals surface area contributed by atoms with Crippen LogP contribution in [0.2, 0.25) is 0 Å². The van der Waals surface area contributed by atoms with Gasteiger partial charge in [0.1, 0.15) is 0 Å². The van der Waals surface area contributed by atoms with Crippen LogP contribution in [0.1, 0.15) is 56.9 Å². The van der Waals surface area contributed by atoms with Gasteiger partial charge in [-0.15, -0.1) is 0 Å². The van der Waals surface area contributed by atoms with Crippen LogP contribution in [0.4, 0.5) is 5.69 Å². The fourth-order valence-electron chi connectivity index (χ4n) is 3.71. The third-order valence-corrected chi connectivity index (χ3v) is 5.06. The number of nitrogens with one attached hydrogen (secondary N) is 1. The van der Waals surface area contributed by atoms with Crippen molar-refractivity contribution in [2.45, 2.75) is 51.4 Å². The lowest BCUT2D eigenvalue weighted by Gasteiger charge is -2.33. The first-order chi connectivity index (χ1) is 11.2. The Balaban J connectivity index is 1.68. The second kappa shape index (κ2) is 7.11. The zero-order valence-corrected chi connectivity index (χ0v) is 13.8. The van der Waals surface area contributed by atoms with Gasteiger partial charge < -0.3 is 4.90 Å². The molecule has 2 saturated heterocycles. The topological polar surface area (TPSA) is 62.3 Å². The smallest absolute Gasteiger partial charge is 0.234 e. The maximum Gasteiger partial charge on any atom is 0.234 e. The molecule has 0 radical (unpaired) electrons. The van der Waals surface area contributed by atoms with Crippen molar-refractivity contribution in [3.63, 3.8) is 0 Å². The molecule has 3 heterocycles. The van der Waals surface area contributed by atoms with Gasteiger partial charge in [-0.2, -0.15) is 0 Å². The number of piperidine rings is 2. The second-order valence-corrected chi connectivity index (χ2v) is 6.70. The van der Waals surface area contributed by atoms with Gasteiger partial charge in [-0.05, 0) is 36.8 Å². The molecule has 5 heteroatoms. The van der Waals surface area contributed by atoms with Crippen molar-refractivity contribution in [2.75, 3.05) is 18.0 Å². The van der Waals surface area contributed by atoms with E-state index in [1.807, 2.05) is 6.20 Å². The number of aromatic nitrogens is 1. The summed E-state index contributed by atoms with van der Waals surface area (Å²) in [5.74, 6) is 0.232. The molecule has 2 aliphatic rings. The summed E-state index contributed by atoms with van der Waals surface area (Å²) in [7, 11) is 0. The first-order valence-corrected chi connectivity index (χ1v) is 8.71. The molecular formula is C18H25N3O2. The number of hydrogen-bond acceptors (Lipinski definition) is 4. The highest BCUT2D eigenvalue weighted by molar-refractivity contribution is 6.00. The molecule has 1 atom stereocenters. The Kier molecular flexibility index (Phi) is 4.94. The van der Waals surface area contributed by atoms with E-state index >= 15 is 0 Å². The third-order valence-electron chi connectivity index (χ3n) is 5.06. The van der Waals surface area contributed by atoms with Crippen LogP contribution in [-0.2, 0) is 9.59 Å². The van der Waals surface area contributed by atoms with Crippen LogP contribution in [0.25, 0.3) is 0 Å². The van der Waals surface area contributed by atoms with Crippen molar-refractivity contribution in [1.29, 1.82) is 0 Å². The first kappa shape index (κ1) is 16.0. The minimum atomic E-state index is -0.252. The van der Waals surface area contributed by atoms with Crippen molar-refractivity contribution in [1.82, 2.24) is 10.3 Å². The van der Waals surface area contributed by atoms with Crippen molar-refractivity contribution >= 4 is 17.5 Å². The molecule has 3 rings (SSSR count). The number of amides is 2. The van der Waals surface area contributed by atoms with Crippen LogP contribution >= 0.6 is 0 Å². The summed E-state index contributed by atoms with van der Waals surface area (Å²) < 4.78 is 0. The van der Waals surface area contributed by atoms with Gasteiger partial charge in [0.05, 0.1) is 17.8 Å². The summed E-state index contributed by atoms with van der Waals surface area (Å²) in [6.07, 6.45) is 9.67. The monoisotopic (exact) mass is 315 g/mol. The Bertz CT molecular complexity index is 579. The Morgan fingerprint density at radius 3 is 2.70 bits per heavy atom. The zero-order chi connectivity index (χ0) is 16.2. The van der Waals surface area contributed by atoms with E-state index < -0.39 is 0 Å². The first-order valence-electron chi connectivity index (χ1n) is 8.71. The average Bonchev–Trinajstić information content (AvgIpc) is 2.56. The maximum absolute atomic E-state index is 12.0. The van der Waals surface area contributed by atoms with E-state index in [2.05, 4.69) is 28.2 Å². The van der Waals surface area contributed by atoms with Crippen molar-refractivity contribution in [3.8, 4) is 0 Å². The number of nitrogens with zero attached hydrogens (tertiary/aromatic N) is 2. The van der Waals surface area contributed by atoms with E-state index in [0.717, 1.165) is 30.3 Å². The highest BCUT2D eigenvalue weighted by Gasteiger charge is 2.29. The molecule has 23 heavy (non-hydrogen) atoms. The number of rotatable bonds is 4. The second-order valence-electron chi connectivity index (χ2n) is 6.70. The lowest BCUT2D eigenvalue weighted by molar-refractivity contribution is -0.134. The summed E-state index contributed by atoms with van der Waals surface area (Å²) in [5.41, 5.74) is 2.02. The number of imide groups is 1. The largest absolute Gasteiger partial charge is 0.370 e. The van der Waals surface area contributed by atoms with E-state index in [1.165, 1.54) is 25.7 Å². The Labute approximate surface area is 137 Å². The Hall–Kier alpha value is -1.91. The highest BCUT2D eigenvalue weighted by Crippen LogP contribution is 2.29.